The zero-order chi connectivity index (χ0) is 16.3. The van der Waals surface area contributed by atoms with Gasteiger partial charge in [0.25, 0.3) is 0 Å². The Morgan fingerprint density at radius 1 is 1.27 bits per heavy atom. The lowest BCUT2D eigenvalue weighted by Gasteiger charge is -2.15. The first-order chi connectivity index (χ1) is 10.4. The van der Waals surface area contributed by atoms with Crippen LogP contribution in [-0.4, -0.2) is 39.2 Å². The first-order valence-corrected chi connectivity index (χ1v) is 8.80. The van der Waals surface area contributed by atoms with Crippen LogP contribution in [-0.2, 0) is 17.1 Å². The molecule has 0 atom stereocenters. The molecule has 2 N–H and O–H groups in total. The summed E-state index contributed by atoms with van der Waals surface area (Å²) in [5.41, 5.74) is 0.835. The molecular formula is C14H22N3O4S+. The van der Waals surface area contributed by atoms with Crippen molar-refractivity contribution in [3.63, 3.8) is 0 Å². The summed E-state index contributed by atoms with van der Waals surface area (Å²) in [5, 5.41) is 0. The highest BCUT2D eigenvalue weighted by molar-refractivity contribution is 7.89. The van der Waals surface area contributed by atoms with Crippen molar-refractivity contribution < 1.29 is 17.7 Å². The number of nitrogens with zero attached hydrogens (tertiary/aromatic N) is 1. The molecule has 0 aliphatic heterocycles. The molecule has 0 spiro atoms. The number of likely N-dealkylation sites (N-methyl/N-ethyl adjacent to an activating group) is 1. The maximum Gasteiger partial charge on any atom is 0.419 e. The second-order valence-electron chi connectivity index (χ2n) is 5.16. The van der Waals surface area contributed by atoms with Gasteiger partial charge in [0.1, 0.15) is 0 Å². The van der Waals surface area contributed by atoms with Gasteiger partial charge >= 0.3 is 5.76 Å². The van der Waals surface area contributed by atoms with Crippen molar-refractivity contribution in [1.82, 2.24) is 9.29 Å². The Morgan fingerprint density at radius 3 is 2.59 bits per heavy atom. The predicted molar refractivity (Wildman–Crippen MR) is 83.6 cm³/mol. The Kier molecular flexibility index (Phi) is 5.05. The van der Waals surface area contributed by atoms with Crippen molar-refractivity contribution in [2.24, 2.45) is 7.05 Å². The van der Waals surface area contributed by atoms with Gasteiger partial charge < -0.3 is 9.32 Å². The Balaban J connectivity index is 2.17. The van der Waals surface area contributed by atoms with Crippen LogP contribution in [0.15, 0.2) is 32.3 Å². The molecule has 0 bridgehead atoms. The Hall–Kier alpha value is -1.64. The SMILES string of the molecule is CC[NH+](CC)CCNS(=O)(=O)c1ccc2c(c1)oc(=O)n2C. The molecule has 1 heterocycles. The number of aryl methyl sites for hydroxylation is 1. The fourth-order valence-corrected chi connectivity index (χ4v) is 3.38. The molecule has 2 aromatic rings. The van der Waals surface area contributed by atoms with Crippen LogP contribution in [0.25, 0.3) is 11.1 Å². The lowest BCUT2D eigenvalue weighted by Crippen LogP contribution is -3.12. The number of fused-ring (bicyclic) bond motifs is 1. The molecule has 0 unspecified atom stereocenters. The molecule has 1 aromatic heterocycles. The van der Waals surface area contributed by atoms with Crippen molar-refractivity contribution in [1.29, 1.82) is 0 Å². The number of quaternary nitrogens is 1. The summed E-state index contributed by atoms with van der Waals surface area (Å²) in [6.07, 6.45) is 0. The molecule has 0 radical (unpaired) electrons. The maximum atomic E-state index is 12.3. The maximum absolute atomic E-state index is 12.3. The van der Waals surface area contributed by atoms with Crippen LogP contribution in [0.3, 0.4) is 0 Å². The van der Waals surface area contributed by atoms with Gasteiger partial charge in [-0.15, -0.1) is 0 Å². The van der Waals surface area contributed by atoms with E-state index in [-0.39, 0.29) is 10.5 Å². The largest absolute Gasteiger partial charge is 0.419 e. The Bertz CT molecular complexity index is 803. The normalized spacial score (nSPS) is 12.4. The van der Waals surface area contributed by atoms with Gasteiger partial charge in [-0.25, -0.2) is 17.9 Å². The summed E-state index contributed by atoms with van der Waals surface area (Å²) in [5.74, 6) is -0.511. The zero-order valence-corrected chi connectivity index (χ0v) is 13.9. The summed E-state index contributed by atoms with van der Waals surface area (Å²) in [4.78, 5) is 12.9. The molecule has 2 rings (SSSR count). The third-order valence-corrected chi connectivity index (χ3v) is 5.30. The minimum atomic E-state index is -3.60. The van der Waals surface area contributed by atoms with Crippen molar-refractivity contribution in [2.45, 2.75) is 18.7 Å². The molecule has 0 aliphatic carbocycles. The van der Waals surface area contributed by atoms with E-state index in [9.17, 15) is 13.2 Å². The molecule has 0 aliphatic rings. The molecule has 7 nitrogen and oxygen atoms in total. The molecule has 8 heteroatoms. The van der Waals surface area contributed by atoms with E-state index in [0.29, 0.717) is 12.1 Å². The summed E-state index contributed by atoms with van der Waals surface area (Å²) in [7, 11) is -2.03. The summed E-state index contributed by atoms with van der Waals surface area (Å²) >= 11 is 0. The number of hydrogen-bond acceptors (Lipinski definition) is 4. The summed E-state index contributed by atoms with van der Waals surface area (Å²) in [6, 6.07) is 4.43. The highest BCUT2D eigenvalue weighted by Gasteiger charge is 2.17. The number of rotatable bonds is 7. The molecule has 1 aromatic carbocycles. The molecule has 0 saturated carbocycles. The van der Waals surface area contributed by atoms with Crippen LogP contribution in [0.1, 0.15) is 13.8 Å². The fraction of sp³-hybridized carbons (Fsp3) is 0.500. The highest BCUT2D eigenvalue weighted by atomic mass is 32.2. The quantitative estimate of drug-likeness (QED) is 0.706. The van der Waals surface area contributed by atoms with Crippen LogP contribution in [0.2, 0.25) is 0 Å². The lowest BCUT2D eigenvalue weighted by atomic mass is 10.3. The van der Waals surface area contributed by atoms with Gasteiger partial charge in [-0.3, -0.25) is 4.57 Å². The van der Waals surface area contributed by atoms with Gasteiger partial charge in [0.2, 0.25) is 10.0 Å². The number of sulfonamides is 1. The van der Waals surface area contributed by atoms with Crippen molar-refractivity contribution in [3.8, 4) is 0 Å². The van der Waals surface area contributed by atoms with Gasteiger partial charge in [0, 0.05) is 13.1 Å². The number of benzene rings is 1. The van der Waals surface area contributed by atoms with Crippen molar-refractivity contribution in [2.75, 3.05) is 26.2 Å². The minimum absolute atomic E-state index is 0.101. The topological polar surface area (TPSA) is 85.8 Å². The van der Waals surface area contributed by atoms with Gasteiger partial charge in [-0.1, -0.05) is 0 Å². The van der Waals surface area contributed by atoms with E-state index in [2.05, 4.69) is 18.6 Å². The van der Waals surface area contributed by atoms with Gasteiger partial charge in [0.15, 0.2) is 5.58 Å². The molecule has 122 valence electrons. The number of hydrogen-bond donors (Lipinski definition) is 2. The van der Waals surface area contributed by atoms with Crippen LogP contribution >= 0.6 is 0 Å². The molecule has 22 heavy (non-hydrogen) atoms. The van der Waals surface area contributed by atoms with Crippen LogP contribution in [0, 0.1) is 0 Å². The van der Waals surface area contributed by atoms with Crippen LogP contribution in [0.4, 0.5) is 0 Å². The fourth-order valence-electron chi connectivity index (χ4n) is 2.33. The minimum Gasteiger partial charge on any atom is -0.408 e. The second kappa shape index (κ2) is 6.64. The lowest BCUT2D eigenvalue weighted by molar-refractivity contribution is -0.895. The van der Waals surface area contributed by atoms with Gasteiger partial charge in [-0.05, 0) is 26.0 Å². The third-order valence-electron chi connectivity index (χ3n) is 3.84. The average molecular weight is 328 g/mol. The molecule has 0 amide bonds. The first kappa shape index (κ1) is 16.7. The Labute approximate surface area is 129 Å². The second-order valence-corrected chi connectivity index (χ2v) is 6.93. The molecule has 0 fully saturated rings. The van der Waals surface area contributed by atoms with Gasteiger partial charge in [-0.2, -0.15) is 0 Å². The first-order valence-electron chi connectivity index (χ1n) is 7.31. The smallest absolute Gasteiger partial charge is 0.408 e. The van der Waals surface area contributed by atoms with E-state index in [1.165, 1.54) is 21.6 Å². The Morgan fingerprint density at radius 2 is 1.95 bits per heavy atom. The van der Waals surface area contributed by atoms with Crippen LogP contribution < -0.4 is 15.4 Å². The standard InChI is InChI=1S/C14H21N3O4S/c1-4-17(5-2)9-8-15-22(19,20)11-6-7-12-13(10-11)21-14(18)16(12)3/h6-7,10,15H,4-5,8-9H2,1-3H3/p+1. The van der Waals surface area contributed by atoms with E-state index < -0.39 is 15.8 Å². The number of nitrogens with one attached hydrogen (secondary N) is 2. The number of oxazole rings is 1. The predicted octanol–water partition coefficient (Wildman–Crippen LogP) is -0.665. The average Bonchev–Trinajstić information content (AvgIpc) is 2.78. The number of aromatic nitrogens is 1. The van der Waals surface area contributed by atoms with E-state index >= 15 is 0 Å². The van der Waals surface area contributed by atoms with E-state index in [0.717, 1.165) is 19.6 Å². The highest BCUT2D eigenvalue weighted by Crippen LogP contribution is 2.17. The van der Waals surface area contributed by atoms with Crippen LogP contribution in [0.5, 0.6) is 0 Å². The molecule has 0 saturated heterocycles. The summed E-state index contributed by atoms with van der Waals surface area (Å²) < 4.78 is 33.5. The van der Waals surface area contributed by atoms with E-state index in [1.54, 1.807) is 13.1 Å². The van der Waals surface area contributed by atoms with E-state index in [4.69, 9.17) is 4.42 Å². The third kappa shape index (κ3) is 3.40. The monoisotopic (exact) mass is 328 g/mol. The zero-order valence-electron chi connectivity index (χ0n) is 13.0. The molecular weight excluding hydrogens is 306 g/mol. The summed E-state index contributed by atoms with van der Waals surface area (Å²) in [6.45, 7) is 7.15. The van der Waals surface area contributed by atoms with Crippen molar-refractivity contribution in [3.05, 3.63) is 28.7 Å². The van der Waals surface area contributed by atoms with Gasteiger partial charge in [0.05, 0.1) is 36.6 Å². The van der Waals surface area contributed by atoms with E-state index in [1.807, 2.05) is 0 Å². The van der Waals surface area contributed by atoms with Crippen molar-refractivity contribution >= 4 is 21.1 Å².